The fourth-order valence-electron chi connectivity index (χ4n) is 2.70. The molecule has 1 aromatic heterocycles. The van der Waals surface area contributed by atoms with Gasteiger partial charge in [0.15, 0.2) is 0 Å². The number of nitrogens with zero attached hydrogens (tertiary/aromatic N) is 2. The van der Waals surface area contributed by atoms with Crippen LogP contribution in [-0.4, -0.2) is 41.9 Å². The zero-order valence-electron chi connectivity index (χ0n) is 13.2. The maximum Gasteiger partial charge on any atom is 0.321 e. The molecule has 1 atom stereocenters. The van der Waals surface area contributed by atoms with E-state index in [4.69, 9.17) is 4.74 Å². The molecule has 1 aromatic carbocycles. The van der Waals surface area contributed by atoms with Crippen molar-refractivity contribution in [2.24, 2.45) is 5.92 Å². The topological polar surface area (TPSA) is 71.5 Å². The number of rotatable bonds is 2. The van der Waals surface area contributed by atoms with Crippen LogP contribution in [0.3, 0.4) is 0 Å². The lowest BCUT2D eigenvalue weighted by Crippen LogP contribution is -2.45. The number of carbonyl (C=O) groups is 2. The number of anilines is 1. The second-order valence-corrected chi connectivity index (χ2v) is 5.75. The lowest BCUT2D eigenvalue weighted by atomic mass is 9.99. The standard InChI is InChI=1S/C17H19N3O3/c1-11-10-20(8-7-15(11)21)17(22)18-13-4-5-14-12(9-13)3-6-16(19-14)23-2/h3-6,9,11H,7-8,10H2,1-2H3,(H,18,22)/t11-/m0/s1. The molecule has 0 unspecified atom stereocenters. The Bertz CT molecular complexity index is 760. The highest BCUT2D eigenvalue weighted by Crippen LogP contribution is 2.21. The number of likely N-dealkylation sites (tertiary alicyclic amines) is 1. The predicted octanol–water partition coefficient (Wildman–Crippen LogP) is 2.69. The molecule has 6 nitrogen and oxygen atoms in total. The van der Waals surface area contributed by atoms with Crippen LogP contribution in [0.25, 0.3) is 10.9 Å². The number of nitrogens with one attached hydrogen (secondary N) is 1. The first-order chi connectivity index (χ1) is 11.1. The van der Waals surface area contributed by atoms with Gasteiger partial charge in [-0.3, -0.25) is 4.79 Å². The molecule has 2 heterocycles. The normalized spacial score (nSPS) is 18.1. The number of fused-ring (bicyclic) bond motifs is 1. The Hall–Kier alpha value is -2.63. The van der Waals surface area contributed by atoms with Gasteiger partial charge < -0.3 is 15.0 Å². The van der Waals surface area contributed by atoms with Gasteiger partial charge in [0.1, 0.15) is 5.78 Å². The quantitative estimate of drug-likeness (QED) is 0.925. The van der Waals surface area contributed by atoms with Crippen molar-refractivity contribution in [2.75, 3.05) is 25.5 Å². The number of Topliss-reactive ketones (excluding diaryl/α,β-unsaturated/α-hetero) is 1. The number of aromatic nitrogens is 1. The van der Waals surface area contributed by atoms with Crippen LogP contribution in [-0.2, 0) is 4.79 Å². The van der Waals surface area contributed by atoms with Crippen LogP contribution >= 0.6 is 0 Å². The third-order valence-corrected chi connectivity index (χ3v) is 4.08. The molecule has 0 saturated carbocycles. The van der Waals surface area contributed by atoms with Crippen molar-refractivity contribution in [1.29, 1.82) is 0 Å². The van der Waals surface area contributed by atoms with Crippen LogP contribution in [0.4, 0.5) is 10.5 Å². The van der Waals surface area contributed by atoms with E-state index in [0.29, 0.717) is 31.1 Å². The number of amides is 2. The SMILES string of the molecule is COc1ccc2cc(NC(=O)N3CCC(=O)[C@@H](C)C3)ccc2n1. The fourth-order valence-corrected chi connectivity index (χ4v) is 2.70. The molecule has 3 rings (SSSR count). The molecule has 0 spiro atoms. The maximum atomic E-state index is 12.3. The summed E-state index contributed by atoms with van der Waals surface area (Å²) in [5.41, 5.74) is 1.51. The summed E-state index contributed by atoms with van der Waals surface area (Å²) in [5.74, 6) is 0.684. The van der Waals surface area contributed by atoms with Gasteiger partial charge in [-0.2, -0.15) is 0 Å². The highest BCUT2D eigenvalue weighted by atomic mass is 16.5. The van der Waals surface area contributed by atoms with Gasteiger partial charge in [0, 0.05) is 42.6 Å². The predicted molar refractivity (Wildman–Crippen MR) is 87.7 cm³/mol. The van der Waals surface area contributed by atoms with E-state index < -0.39 is 0 Å². The van der Waals surface area contributed by atoms with Crippen molar-refractivity contribution in [1.82, 2.24) is 9.88 Å². The lowest BCUT2D eigenvalue weighted by Gasteiger charge is -2.30. The molecule has 1 saturated heterocycles. The van der Waals surface area contributed by atoms with Gasteiger partial charge in [0.25, 0.3) is 0 Å². The summed E-state index contributed by atoms with van der Waals surface area (Å²) < 4.78 is 5.10. The average Bonchev–Trinajstić information content (AvgIpc) is 2.56. The molecule has 120 valence electrons. The molecule has 6 heteroatoms. The molecule has 1 aliphatic heterocycles. The van der Waals surface area contributed by atoms with Crippen LogP contribution in [0.1, 0.15) is 13.3 Å². The number of urea groups is 1. The molecule has 0 bridgehead atoms. The minimum Gasteiger partial charge on any atom is -0.481 e. The van der Waals surface area contributed by atoms with E-state index >= 15 is 0 Å². The summed E-state index contributed by atoms with van der Waals surface area (Å²) in [6, 6.07) is 9.04. The third kappa shape index (κ3) is 3.26. The molecule has 1 fully saturated rings. The van der Waals surface area contributed by atoms with E-state index in [-0.39, 0.29) is 17.7 Å². The fraction of sp³-hybridized carbons (Fsp3) is 0.353. The molecule has 23 heavy (non-hydrogen) atoms. The molecule has 0 radical (unpaired) electrons. The first-order valence-corrected chi connectivity index (χ1v) is 7.60. The van der Waals surface area contributed by atoms with E-state index in [1.165, 1.54) is 0 Å². The van der Waals surface area contributed by atoms with Gasteiger partial charge in [-0.1, -0.05) is 6.92 Å². The molecular weight excluding hydrogens is 294 g/mol. The molecule has 2 aromatic rings. The van der Waals surface area contributed by atoms with Crippen LogP contribution in [0, 0.1) is 5.92 Å². The van der Waals surface area contributed by atoms with Gasteiger partial charge >= 0.3 is 6.03 Å². The number of benzene rings is 1. The Kier molecular flexibility index (Phi) is 4.14. The third-order valence-electron chi connectivity index (χ3n) is 4.08. The molecule has 0 aliphatic carbocycles. The van der Waals surface area contributed by atoms with Crippen LogP contribution in [0.2, 0.25) is 0 Å². The summed E-state index contributed by atoms with van der Waals surface area (Å²) in [6.45, 7) is 2.80. The highest BCUT2D eigenvalue weighted by molar-refractivity contribution is 5.94. The van der Waals surface area contributed by atoms with Crippen LogP contribution < -0.4 is 10.1 Å². The number of ether oxygens (including phenoxy) is 1. The zero-order chi connectivity index (χ0) is 16.4. The number of ketones is 1. The first-order valence-electron chi connectivity index (χ1n) is 7.60. The number of piperidine rings is 1. The Morgan fingerprint density at radius 2 is 2.17 bits per heavy atom. The zero-order valence-corrected chi connectivity index (χ0v) is 13.2. The molecule has 1 aliphatic rings. The van der Waals surface area contributed by atoms with Crippen LogP contribution in [0.15, 0.2) is 30.3 Å². The number of carbonyl (C=O) groups excluding carboxylic acids is 2. The van der Waals surface area contributed by atoms with Gasteiger partial charge in [-0.15, -0.1) is 0 Å². The summed E-state index contributed by atoms with van der Waals surface area (Å²) in [4.78, 5) is 29.9. The smallest absolute Gasteiger partial charge is 0.321 e. The molecule has 1 N–H and O–H groups in total. The number of hydrogen-bond acceptors (Lipinski definition) is 4. The van der Waals surface area contributed by atoms with E-state index in [0.717, 1.165) is 10.9 Å². The molecule has 2 amide bonds. The van der Waals surface area contributed by atoms with Gasteiger partial charge in [0.05, 0.1) is 12.6 Å². The van der Waals surface area contributed by atoms with Crippen molar-refractivity contribution >= 4 is 28.4 Å². The van der Waals surface area contributed by atoms with E-state index in [1.54, 1.807) is 18.1 Å². The van der Waals surface area contributed by atoms with Crippen molar-refractivity contribution in [3.05, 3.63) is 30.3 Å². The maximum absolute atomic E-state index is 12.3. The largest absolute Gasteiger partial charge is 0.481 e. The van der Waals surface area contributed by atoms with E-state index in [1.807, 2.05) is 31.2 Å². The number of pyridine rings is 1. The van der Waals surface area contributed by atoms with Gasteiger partial charge in [-0.05, 0) is 24.3 Å². The Morgan fingerprint density at radius 3 is 2.91 bits per heavy atom. The van der Waals surface area contributed by atoms with Crippen molar-refractivity contribution < 1.29 is 14.3 Å². The minimum atomic E-state index is -0.176. The second-order valence-electron chi connectivity index (χ2n) is 5.75. The second kappa shape index (κ2) is 6.24. The average molecular weight is 313 g/mol. The Morgan fingerprint density at radius 1 is 1.35 bits per heavy atom. The van der Waals surface area contributed by atoms with E-state index in [9.17, 15) is 9.59 Å². The van der Waals surface area contributed by atoms with Crippen molar-refractivity contribution in [2.45, 2.75) is 13.3 Å². The first kappa shape index (κ1) is 15.3. The summed E-state index contributed by atoms with van der Waals surface area (Å²) >= 11 is 0. The Balaban J connectivity index is 1.73. The number of methoxy groups -OCH3 is 1. The van der Waals surface area contributed by atoms with Crippen LogP contribution in [0.5, 0.6) is 5.88 Å². The minimum absolute atomic E-state index is 0.0947. The van der Waals surface area contributed by atoms with E-state index in [2.05, 4.69) is 10.3 Å². The summed E-state index contributed by atoms with van der Waals surface area (Å²) in [7, 11) is 1.58. The van der Waals surface area contributed by atoms with Gasteiger partial charge in [0.2, 0.25) is 5.88 Å². The van der Waals surface area contributed by atoms with Gasteiger partial charge in [-0.25, -0.2) is 9.78 Å². The monoisotopic (exact) mass is 313 g/mol. The summed E-state index contributed by atoms with van der Waals surface area (Å²) in [5, 5.41) is 3.81. The summed E-state index contributed by atoms with van der Waals surface area (Å²) in [6.07, 6.45) is 0.427. The van der Waals surface area contributed by atoms with Crippen molar-refractivity contribution in [3.63, 3.8) is 0 Å². The highest BCUT2D eigenvalue weighted by Gasteiger charge is 2.26. The molecular formula is C17H19N3O3. The number of hydrogen-bond donors (Lipinski definition) is 1. The Labute approximate surface area is 134 Å². The lowest BCUT2D eigenvalue weighted by molar-refractivity contribution is -0.124. The van der Waals surface area contributed by atoms with Crippen molar-refractivity contribution in [3.8, 4) is 5.88 Å².